The van der Waals surface area contributed by atoms with E-state index in [1.54, 1.807) is 0 Å². The molecule has 0 bridgehead atoms. The molecule has 3 rings (SSSR count). The van der Waals surface area contributed by atoms with Crippen LogP contribution in [0, 0.1) is 21.3 Å². The Bertz CT molecular complexity index is 1170. The van der Waals surface area contributed by atoms with Crippen molar-refractivity contribution in [3.8, 4) is 11.5 Å². The fourth-order valence-corrected chi connectivity index (χ4v) is 6.28. The van der Waals surface area contributed by atoms with Crippen LogP contribution in [-0.2, 0) is 27.6 Å². The van der Waals surface area contributed by atoms with Crippen LogP contribution in [0.2, 0.25) is 0 Å². The Labute approximate surface area is 261 Å². The third kappa shape index (κ3) is 8.04. The molecule has 5 heteroatoms. The summed E-state index contributed by atoms with van der Waals surface area (Å²) in [6, 6.07) is 8.67. The molecule has 41 heavy (non-hydrogen) atoms. The van der Waals surface area contributed by atoms with Crippen molar-refractivity contribution < 1.29 is 27.0 Å². The van der Waals surface area contributed by atoms with E-state index in [4.69, 9.17) is 9.98 Å². The van der Waals surface area contributed by atoms with Crippen LogP contribution in [-0.4, -0.2) is 34.7 Å². The van der Waals surface area contributed by atoms with E-state index in [9.17, 15) is 10.2 Å². The van der Waals surface area contributed by atoms with Gasteiger partial charge in [-0.15, -0.1) is 0 Å². The minimum Gasteiger partial charge on any atom is -0.507 e. The molecule has 0 heterocycles. The van der Waals surface area contributed by atoms with Crippen LogP contribution in [0.4, 0.5) is 0 Å². The summed E-state index contributed by atoms with van der Waals surface area (Å²) in [7, 11) is 0. The topological polar surface area (TPSA) is 65.2 Å². The minimum absolute atomic E-state index is 0. The first kappa shape index (κ1) is 36.9. The smallest absolute Gasteiger partial charge is 0.127 e. The van der Waals surface area contributed by atoms with Gasteiger partial charge in [-0.05, 0) is 104 Å². The Morgan fingerprint density at radius 3 is 1.49 bits per heavy atom. The van der Waals surface area contributed by atoms with Crippen molar-refractivity contribution in [1.29, 1.82) is 0 Å². The minimum atomic E-state index is 0. The normalized spacial score (nSPS) is 18.0. The summed E-state index contributed by atoms with van der Waals surface area (Å²) >= 11 is 0. The van der Waals surface area contributed by atoms with Crippen LogP contribution >= 0.6 is 0 Å². The number of aliphatic imine (C=N–C) groups is 2. The van der Waals surface area contributed by atoms with Gasteiger partial charge in [0.15, 0.2) is 0 Å². The fraction of sp³-hybridized carbons (Fsp3) is 0.583. The number of hydrogen-bond acceptors (Lipinski definition) is 4. The average Bonchev–Trinajstić information content (AvgIpc) is 2.95. The second kappa shape index (κ2) is 15.9. The van der Waals surface area contributed by atoms with Crippen LogP contribution in [0.15, 0.2) is 34.3 Å². The molecule has 2 unspecified atom stereocenters. The quantitative estimate of drug-likeness (QED) is 0.198. The molecule has 231 valence electrons. The number of aromatic hydroxyl groups is 2. The molecule has 1 aliphatic rings. The van der Waals surface area contributed by atoms with Crippen LogP contribution in [0.5, 0.6) is 11.5 Å². The van der Waals surface area contributed by atoms with Gasteiger partial charge in [-0.25, -0.2) is 0 Å². The van der Waals surface area contributed by atoms with Gasteiger partial charge in [-0.1, -0.05) is 66.5 Å². The molecule has 1 fully saturated rings. The Hall–Kier alpha value is -2.11. The van der Waals surface area contributed by atoms with E-state index in [0.717, 1.165) is 80.0 Å². The summed E-state index contributed by atoms with van der Waals surface area (Å²) in [5.41, 5.74) is 6.16. The van der Waals surface area contributed by atoms with E-state index in [0.29, 0.717) is 11.5 Å². The number of nitrogens with zero attached hydrogens (tertiary/aromatic N) is 2. The zero-order valence-corrected chi connectivity index (χ0v) is 28.1. The van der Waals surface area contributed by atoms with Crippen LogP contribution in [0.25, 0.3) is 0 Å². The Morgan fingerprint density at radius 1 is 0.707 bits per heavy atom. The molecule has 4 nitrogen and oxygen atoms in total. The van der Waals surface area contributed by atoms with Crippen LogP contribution in [0.3, 0.4) is 0 Å². The van der Waals surface area contributed by atoms with Crippen molar-refractivity contribution in [1.82, 2.24) is 0 Å². The van der Waals surface area contributed by atoms with Crippen molar-refractivity contribution in [2.45, 2.75) is 136 Å². The van der Waals surface area contributed by atoms with Gasteiger partial charge in [0.1, 0.15) is 11.5 Å². The average molecular weight is 607 g/mol. The van der Waals surface area contributed by atoms with Gasteiger partial charge < -0.3 is 17.6 Å². The molecule has 0 amide bonds. The summed E-state index contributed by atoms with van der Waals surface area (Å²) < 4.78 is 0. The summed E-state index contributed by atoms with van der Waals surface area (Å²) in [6.07, 6.45) is 13.3. The number of phenols is 2. The summed E-state index contributed by atoms with van der Waals surface area (Å²) in [5.74, 6) is 0.638. The molecule has 2 atom stereocenters. The largest absolute Gasteiger partial charge is 0.507 e. The first-order chi connectivity index (χ1) is 18.6. The second-order valence-electron chi connectivity index (χ2n) is 12.0. The molecular formula is C36H55CoN2O2-. The number of rotatable bonds is 11. The maximum atomic E-state index is 10.9. The van der Waals surface area contributed by atoms with Crippen molar-refractivity contribution in [2.75, 3.05) is 0 Å². The molecular weight excluding hydrogens is 551 g/mol. The first-order valence-corrected chi connectivity index (χ1v) is 15.3. The van der Waals surface area contributed by atoms with E-state index < -0.39 is 0 Å². The Kier molecular flexibility index (Phi) is 14.3. The van der Waals surface area contributed by atoms with Gasteiger partial charge in [0.2, 0.25) is 0 Å². The van der Waals surface area contributed by atoms with Gasteiger partial charge in [0, 0.05) is 40.3 Å². The molecule has 2 N–H and O–H groups in total. The predicted molar refractivity (Wildman–Crippen MR) is 174 cm³/mol. The molecule has 0 spiro atoms. The van der Waals surface area contributed by atoms with Gasteiger partial charge in [-0.2, -0.15) is 0 Å². The standard InChI is InChI=1S/C35H52N2O2.CH3.Co/c1-9-34(8,10-2)28-18-24(6)32(38)26(20-28)22-36-30-16-14-15-17-31(30)37-23-27-21-29(19-25(7)33(27)39)35(11-3,12-4)13-5;;/h18-23,30-31,38-39H,9-17H2,1-8H3;1H3;/q;-1;. The van der Waals surface area contributed by atoms with Gasteiger partial charge in [-0.3, -0.25) is 9.98 Å². The summed E-state index contributed by atoms with van der Waals surface area (Å²) in [6.45, 7) is 17.5. The monoisotopic (exact) mass is 606 g/mol. The number of aryl methyl sites for hydroxylation is 2. The van der Waals surface area contributed by atoms with E-state index >= 15 is 0 Å². The number of hydrogen-bond donors (Lipinski definition) is 2. The molecule has 0 aromatic heterocycles. The zero-order valence-electron chi connectivity index (χ0n) is 27.1. The molecule has 0 aliphatic heterocycles. The molecule has 1 radical (unpaired) electrons. The van der Waals surface area contributed by atoms with Crippen molar-refractivity contribution in [3.63, 3.8) is 0 Å². The fourth-order valence-electron chi connectivity index (χ4n) is 6.28. The summed E-state index contributed by atoms with van der Waals surface area (Å²) in [4.78, 5) is 10.0. The maximum absolute atomic E-state index is 10.9. The number of phenolic OH excluding ortho intramolecular Hbond substituents is 2. The second-order valence-corrected chi connectivity index (χ2v) is 12.0. The maximum Gasteiger partial charge on any atom is 0.127 e. The molecule has 0 saturated heterocycles. The molecule has 2 aromatic carbocycles. The zero-order chi connectivity index (χ0) is 28.8. The van der Waals surface area contributed by atoms with Crippen molar-refractivity contribution >= 4 is 12.4 Å². The van der Waals surface area contributed by atoms with Crippen molar-refractivity contribution in [3.05, 3.63) is 65.1 Å². The predicted octanol–water partition coefficient (Wildman–Crippen LogP) is 9.56. The van der Waals surface area contributed by atoms with E-state index in [-0.39, 0.29) is 47.1 Å². The van der Waals surface area contributed by atoms with Crippen LogP contribution in [0.1, 0.15) is 133 Å². The van der Waals surface area contributed by atoms with E-state index in [1.165, 1.54) is 11.1 Å². The SMILES string of the molecule is CCC(C)(CC)c1cc(C)c(O)c(C=NC2CCCCC2N=Cc2cc(C(CC)(CC)CC)cc(C)c2O)c1.[CH3-].[Co]. The number of benzene rings is 2. The Morgan fingerprint density at radius 2 is 1.10 bits per heavy atom. The molecule has 1 aliphatic carbocycles. The van der Waals surface area contributed by atoms with Crippen molar-refractivity contribution in [2.24, 2.45) is 9.98 Å². The third-order valence-corrected chi connectivity index (χ3v) is 10.1. The molecule has 2 aromatic rings. The Balaban J connectivity index is 0.00000420. The first-order valence-electron chi connectivity index (χ1n) is 15.3. The van der Waals surface area contributed by atoms with Crippen LogP contribution < -0.4 is 0 Å². The molecule has 1 saturated carbocycles. The van der Waals surface area contributed by atoms with E-state index in [1.807, 2.05) is 26.3 Å². The van der Waals surface area contributed by atoms with Gasteiger partial charge >= 0.3 is 0 Å². The third-order valence-electron chi connectivity index (χ3n) is 10.1. The summed E-state index contributed by atoms with van der Waals surface area (Å²) in [5, 5.41) is 21.7. The van der Waals surface area contributed by atoms with E-state index in [2.05, 4.69) is 65.8 Å². The van der Waals surface area contributed by atoms with Gasteiger partial charge in [0.05, 0.1) is 12.1 Å². The van der Waals surface area contributed by atoms with Gasteiger partial charge in [0.25, 0.3) is 0 Å².